The van der Waals surface area contributed by atoms with Gasteiger partial charge in [-0.1, -0.05) is 15.9 Å². The van der Waals surface area contributed by atoms with Crippen molar-refractivity contribution in [3.8, 4) is 11.5 Å². The number of methoxy groups -OCH3 is 2. The van der Waals surface area contributed by atoms with Crippen LogP contribution >= 0.6 is 15.9 Å². The SMILES string of the molecule is COc1cc(C)c(C(Br)c2ccoc2C)cc1OC. The van der Waals surface area contributed by atoms with Crippen LogP contribution in [0.5, 0.6) is 11.5 Å². The molecule has 102 valence electrons. The zero-order valence-electron chi connectivity index (χ0n) is 11.5. The minimum absolute atomic E-state index is 0.0751. The van der Waals surface area contributed by atoms with E-state index in [0.717, 1.165) is 33.9 Å². The van der Waals surface area contributed by atoms with Crippen LogP contribution in [-0.4, -0.2) is 14.2 Å². The fourth-order valence-corrected chi connectivity index (χ4v) is 3.06. The normalized spacial score (nSPS) is 12.3. The summed E-state index contributed by atoms with van der Waals surface area (Å²) in [6.07, 6.45) is 1.70. The van der Waals surface area contributed by atoms with Gasteiger partial charge < -0.3 is 13.9 Å². The maximum Gasteiger partial charge on any atom is 0.161 e. The zero-order valence-corrected chi connectivity index (χ0v) is 13.1. The number of benzene rings is 1. The molecule has 4 heteroatoms. The molecule has 1 atom stereocenters. The highest BCUT2D eigenvalue weighted by Gasteiger charge is 2.19. The van der Waals surface area contributed by atoms with Gasteiger partial charge in [-0.3, -0.25) is 0 Å². The average molecular weight is 325 g/mol. The third kappa shape index (κ3) is 2.63. The van der Waals surface area contributed by atoms with E-state index in [9.17, 15) is 0 Å². The number of aryl methyl sites for hydroxylation is 2. The number of hydrogen-bond donors (Lipinski definition) is 0. The molecule has 0 radical (unpaired) electrons. The molecule has 1 aromatic heterocycles. The van der Waals surface area contributed by atoms with Crippen molar-refractivity contribution in [3.05, 3.63) is 46.9 Å². The Hall–Kier alpha value is -1.42. The highest BCUT2D eigenvalue weighted by Crippen LogP contribution is 2.40. The minimum atomic E-state index is 0.0751. The third-order valence-electron chi connectivity index (χ3n) is 3.22. The van der Waals surface area contributed by atoms with Crippen molar-refractivity contribution in [1.29, 1.82) is 0 Å². The lowest BCUT2D eigenvalue weighted by Gasteiger charge is -2.16. The van der Waals surface area contributed by atoms with Gasteiger partial charge in [0.2, 0.25) is 0 Å². The molecule has 0 fully saturated rings. The Balaban J connectivity index is 2.48. The minimum Gasteiger partial charge on any atom is -0.493 e. The Morgan fingerprint density at radius 3 is 2.21 bits per heavy atom. The number of hydrogen-bond acceptors (Lipinski definition) is 3. The smallest absolute Gasteiger partial charge is 0.161 e. The molecule has 1 aromatic carbocycles. The predicted octanol–water partition coefficient (Wildman–Crippen LogP) is 4.40. The quantitative estimate of drug-likeness (QED) is 0.781. The Bertz CT molecular complexity index is 575. The molecule has 0 aliphatic rings. The topological polar surface area (TPSA) is 31.6 Å². The number of alkyl halides is 1. The van der Waals surface area contributed by atoms with Gasteiger partial charge in [-0.15, -0.1) is 0 Å². The standard InChI is InChI=1S/C15H17BrO3/c1-9-7-13(17-3)14(18-4)8-12(9)15(16)11-5-6-19-10(11)2/h5-8,15H,1-4H3. The van der Waals surface area contributed by atoms with Crippen molar-refractivity contribution < 1.29 is 13.9 Å². The van der Waals surface area contributed by atoms with Crippen LogP contribution in [-0.2, 0) is 0 Å². The lowest BCUT2D eigenvalue weighted by atomic mass is 10.00. The van der Waals surface area contributed by atoms with Crippen LogP contribution < -0.4 is 9.47 Å². The summed E-state index contributed by atoms with van der Waals surface area (Å²) in [5, 5.41) is 0. The van der Waals surface area contributed by atoms with Crippen molar-refractivity contribution >= 4 is 15.9 Å². The van der Waals surface area contributed by atoms with E-state index in [1.807, 2.05) is 25.1 Å². The molecule has 1 unspecified atom stereocenters. The van der Waals surface area contributed by atoms with E-state index >= 15 is 0 Å². The molecule has 0 bridgehead atoms. The summed E-state index contributed by atoms with van der Waals surface area (Å²) >= 11 is 3.73. The second-order valence-electron chi connectivity index (χ2n) is 4.36. The number of rotatable bonds is 4. The second kappa shape index (κ2) is 5.70. The van der Waals surface area contributed by atoms with Crippen molar-refractivity contribution in [3.63, 3.8) is 0 Å². The molecule has 0 spiro atoms. The van der Waals surface area contributed by atoms with Crippen molar-refractivity contribution in [2.75, 3.05) is 14.2 Å². The first kappa shape index (κ1) is 14.0. The number of ether oxygens (including phenoxy) is 2. The van der Waals surface area contributed by atoms with Crippen molar-refractivity contribution in [2.45, 2.75) is 18.7 Å². The molecule has 0 amide bonds. The van der Waals surface area contributed by atoms with Gasteiger partial charge in [0.25, 0.3) is 0 Å². The summed E-state index contributed by atoms with van der Waals surface area (Å²) in [4.78, 5) is 0.0751. The molecule has 0 aliphatic heterocycles. The average Bonchev–Trinajstić information content (AvgIpc) is 2.83. The monoisotopic (exact) mass is 324 g/mol. The molecule has 0 saturated carbocycles. The van der Waals surface area contributed by atoms with Gasteiger partial charge in [0, 0.05) is 5.56 Å². The first-order chi connectivity index (χ1) is 9.08. The van der Waals surface area contributed by atoms with Crippen molar-refractivity contribution in [2.24, 2.45) is 0 Å². The summed E-state index contributed by atoms with van der Waals surface area (Å²) < 4.78 is 16.0. The van der Waals surface area contributed by atoms with Crippen LogP contribution in [0, 0.1) is 13.8 Å². The first-order valence-electron chi connectivity index (χ1n) is 5.99. The highest BCUT2D eigenvalue weighted by molar-refractivity contribution is 9.09. The maximum atomic E-state index is 5.36. The van der Waals surface area contributed by atoms with E-state index in [1.165, 1.54) is 0 Å². The zero-order chi connectivity index (χ0) is 14.0. The van der Waals surface area contributed by atoms with Gasteiger partial charge >= 0.3 is 0 Å². The fourth-order valence-electron chi connectivity index (χ4n) is 2.09. The van der Waals surface area contributed by atoms with Crippen LogP contribution in [0.25, 0.3) is 0 Å². The van der Waals surface area contributed by atoms with Gasteiger partial charge in [-0.25, -0.2) is 0 Å². The van der Waals surface area contributed by atoms with Gasteiger partial charge in [-0.05, 0) is 43.2 Å². The maximum absolute atomic E-state index is 5.36. The van der Waals surface area contributed by atoms with Crippen LogP contribution in [0.2, 0.25) is 0 Å². The molecule has 3 nitrogen and oxygen atoms in total. The lowest BCUT2D eigenvalue weighted by molar-refractivity contribution is 0.354. The molecule has 0 aliphatic carbocycles. The molecular weight excluding hydrogens is 308 g/mol. The largest absolute Gasteiger partial charge is 0.493 e. The van der Waals surface area contributed by atoms with E-state index in [-0.39, 0.29) is 4.83 Å². The Morgan fingerprint density at radius 2 is 1.68 bits per heavy atom. The van der Waals surface area contributed by atoms with Crippen LogP contribution in [0.3, 0.4) is 0 Å². The molecule has 0 saturated heterocycles. The molecule has 2 rings (SSSR count). The third-order valence-corrected chi connectivity index (χ3v) is 4.20. The Kier molecular flexibility index (Phi) is 4.20. The van der Waals surface area contributed by atoms with E-state index in [1.54, 1.807) is 20.5 Å². The van der Waals surface area contributed by atoms with Crippen molar-refractivity contribution in [1.82, 2.24) is 0 Å². The Morgan fingerprint density at radius 1 is 1.05 bits per heavy atom. The van der Waals surface area contributed by atoms with E-state index < -0.39 is 0 Å². The Labute approximate surface area is 121 Å². The second-order valence-corrected chi connectivity index (χ2v) is 5.27. The number of halogens is 1. The highest BCUT2D eigenvalue weighted by atomic mass is 79.9. The molecule has 2 aromatic rings. The lowest BCUT2D eigenvalue weighted by Crippen LogP contribution is -1.99. The molecule has 19 heavy (non-hydrogen) atoms. The van der Waals surface area contributed by atoms with Crippen LogP contribution in [0.15, 0.2) is 28.9 Å². The van der Waals surface area contributed by atoms with E-state index in [4.69, 9.17) is 13.9 Å². The summed E-state index contributed by atoms with van der Waals surface area (Å²) in [7, 11) is 3.28. The molecular formula is C15H17BrO3. The summed E-state index contributed by atoms with van der Waals surface area (Å²) in [5.41, 5.74) is 3.40. The van der Waals surface area contributed by atoms with Gasteiger partial charge in [0.05, 0.1) is 25.3 Å². The van der Waals surface area contributed by atoms with Crippen LogP contribution in [0.4, 0.5) is 0 Å². The predicted molar refractivity (Wildman–Crippen MR) is 78.5 cm³/mol. The van der Waals surface area contributed by atoms with Gasteiger partial charge in [0.15, 0.2) is 11.5 Å². The summed E-state index contributed by atoms with van der Waals surface area (Å²) in [6, 6.07) is 5.96. The summed E-state index contributed by atoms with van der Waals surface area (Å²) in [5.74, 6) is 2.39. The fraction of sp³-hybridized carbons (Fsp3) is 0.333. The summed E-state index contributed by atoms with van der Waals surface area (Å²) in [6.45, 7) is 4.01. The first-order valence-corrected chi connectivity index (χ1v) is 6.90. The van der Waals surface area contributed by atoms with Gasteiger partial charge in [-0.2, -0.15) is 0 Å². The van der Waals surface area contributed by atoms with Crippen LogP contribution in [0.1, 0.15) is 27.3 Å². The molecule has 0 N–H and O–H groups in total. The number of furan rings is 1. The molecule has 1 heterocycles. The van der Waals surface area contributed by atoms with E-state index in [0.29, 0.717) is 0 Å². The van der Waals surface area contributed by atoms with Gasteiger partial charge in [0.1, 0.15) is 5.76 Å². The van der Waals surface area contributed by atoms with E-state index in [2.05, 4.69) is 22.9 Å².